The predicted molar refractivity (Wildman–Crippen MR) is 104 cm³/mol. The minimum absolute atomic E-state index is 0.0684. The number of halogens is 1. The number of aromatic nitrogens is 1. The summed E-state index contributed by atoms with van der Waals surface area (Å²) in [6.45, 7) is 0.335. The molecule has 1 fully saturated rings. The lowest BCUT2D eigenvalue weighted by molar-refractivity contribution is -0.139. The van der Waals surface area contributed by atoms with Crippen LogP contribution in [0.25, 0.3) is 0 Å². The van der Waals surface area contributed by atoms with E-state index in [0.717, 1.165) is 9.87 Å². The number of pyridine rings is 1. The first-order valence-electron chi connectivity index (χ1n) is 8.72. The standard InChI is InChI=1S/C18H19ClN4O5S/c19-14-1-3-15(4-2-14)29(26,27)23-9-10-28-16(23)12-22-18(25)17(24)21-11-13-5-7-20-8-6-13/h1-8,16H,9-12H2,(H,21,24)(H,22,25)/t16-/m1/s1. The monoisotopic (exact) mass is 438 g/mol. The highest BCUT2D eigenvalue weighted by molar-refractivity contribution is 7.89. The van der Waals surface area contributed by atoms with Crippen molar-refractivity contribution in [3.63, 3.8) is 0 Å². The van der Waals surface area contributed by atoms with Gasteiger partial charge in [0.1, 0.15) is 6.23 Å². The zero-order chi connectivity index (χ0) is 20.9. The number of nitrogens with one attached hydrogen (secondary N) is 2. The molecule has 2 aromatic rings. The third-order valence-corrected chi connectivity index (χ3v) is 6.36. The van der Waals surface area contributed by atoms with Crippen molar-refractivity contribution >= 4 is 33.4 Å². The third-order valence-electron chi connectivity index (χ3n) is 4.21. The minimum Gasteiger partial charge on any atom is -0.359 e. The molecular formula is C18H19ClN4O5S. The molecule has 0 unspecified atom stereocenters. The molecule has 2 amide bonds. The number of rotatable bonds is 6. The Morgan fingerprint density at radius 2 is 1.76 bits per heavy atom. The first kappa shape index (κ1) is 21.2. The molecule has 1 atom stereocenters. The van der Waals surface area contributed by atoms with Crippen LogP contribution >= 0.6 is 11.6 Å². The Kier molecular flexibility index (Phi) is 6.80. The highest BCUT2D eigenvalue weighted by Crippen LogP contribution is 2.23. The molecule has 3 rings (SSSR count). The number of carbonyl (C=O) groups excluding carboxylic acids is 2. The number of benzene rings is 1. The maximum Gasteiger partial charge on any atom is 0.309 e. The van der Waals surface area contributed by atoms with Gasteiger partial charge in [-0.05, 0) is 42.0 Å². The Labute approximate surface area is 173 Å². The zero-order valence-electron chi connectivity index (χ0n) is 15.2. The van der Waals surface area contributed by atoms with Crippen LogP contribution in [0.1, 0.15) is 5.56 Å². The zero-order valence-corrected chi connectivity index (χ0v) is 16.8. The van der Waals surface area contributed by atoms with Crippen molar-refractivity contribution in [3.8, 4) is 0 Å². The van der Waals surface area contributed by atoms with Crippen molar-refractivity contribution in [3.05, 3.63) is 59.4 Å². The van der Waals surface area contributed by atoms with E-state index in [-0.39, 0.29) is 31.1 Å². The van der Waals surface area contributed by atoms with Gasteiger partial charge in [-0.25, -0.2) is 8.42 Å². The van der Waals surface area contributed by atoms with Gasteiger partial charge >= 0.3 is 11.8 Å². The number of nitrogens with zero attached hydrogens (tertiary/aromatic N) is 2. The maximum atomic E-state index is 12.8. The summed E-state index contributed by atoms with van der Waals surface area (Å²) in [6, 6.07) is 9.19. The van der Waals surface area contributed by atoms with E-state index < -0.39 is 28.1 Å². The fraction of sp³-hybridized carbons (Fsp3) is 0.278. The van der Waals surface area contributed by atoms with Crippen LogP contribution in [0.5, 0.6) is 0 Å². The van der Waals surface area contributed by atoms with Gasteiger partial charge in [-0.1, -0.05) is 11.6 Å². The smallest absolute Gasteiger partial charge is 0.309 e. The van der Waals surface area contributed by atoms with Gasteiger partial charge in [-0.15, -0.1) is 0 Å². The summed E-state index contributed by atoms with van der Waals surface area (Å²) < 4.78 is 32.2. The second-order valence-electron chi connectivity index (χ2n) is 6.14. The summed E-state index contributed by atoms with van der Waals surface area (Å²) in [5.74, 6) is -1.70. The summed E-state index contributed by atoms with van der Waals surface area (Å²) in [4.78, 5) is 27.9. The molecule has 11 heteroatoms. The fourth-order valence-corrected chi connectivity index (χ4v) is 4.34. The van der Waals surface area contributed by atoms with Crippen molar-refractivity contribution in [2.45, 2.75) is 17.7 Å². The molecule has 154 valence electrons. The molecule has 1 aliphatic rings. The first-order chi connectivity index (χ1) is 13.9. The van der Waals surface area contributed by atoms with Gasteiger partial charge in [0.2, 0.25) is 10.0 Å². The Morgan fingerprint density at radius 3 is 2.45 bits per heavy atom. The lowest BCUT2D eigenvalue weighted by atomic mass is 10.3. The second kappa shape index (κ2) is 9.31. The average molecular weight is 439 g/mol. The number of amides is 2. The lowest BCUT2D eigenvalue weighted by Gasteiger charge is -2.22. The summed E-state index contributed by atoms with van der Waals surface area (Å²) in [5.41, 5.74) is 0.792. The van der Waals surface area contributed by atoms with E-state index in [1.54, 1.807) is 24.5 Å². The van der Waals surface area contributed by atoms with Crippen LogP contribution in [-0.4, -0.2) is 55.4 Å². The van der Waals surface area contributed by atoms with E-state index >= 15 is 0 Å². The van der Waals surface area contributed by atoms with Gasteiger partial charge in [0.15, 0.2) is 0 Å². The van der Waals surface area contributed by atoms with Gasteiger partial charge in [-0.2, -0.15) is 4.31 Å². The SMILES string of the molecule is O=C(NCc1ccncc1)C(=O)NC[C@H]1OCCN1S(=O)(=O)c1ccc(Cl)cc1. The van der Waals surface area contributed by atoms with E-state index in [4.69, 9.17) is 16.3 Å². The van der Waals surface area contributed by atoms with Crippen molar-refractivity contribution in [1.82, 2.24) is 19.9 Å². The molecule has 9 nitrogen and oxygen atoms in total. The topological polar surface area (TPSA) is 118 Å². The molecule has 2 heterocycles. The van der Waals surface area contributed by atoms with Gasteiger partial charge in [0.05, 0.1) is 18.0 Å². The van der Waals surface area contributed by atoms with Crippen LogP contribution in [0.15, 0.2) is 53.7 Å². The predicted octanol–water partition coefficient (Wildman–Crippen LogP) is 0.515. The van der Waals surface area contributed by atoms with Crippen molar-refractivity contribution < 1.29 is 22.7 Å². The molecule has 1 aromatic carbocycles. The van der Waals surface area contributed by atoms with Gasteiger partial charge < -0.3 is 15.4 Å². The molecular weight excluding hydrogens is 420 g/mol. The third kappa shape index (κ3) is 5.30. The number of ether oxygens (including phenoxy) is 1. The van der Waals surface area contributed by atoms with Gasteiger partial charge in [0.25, 0.3) is 0 Å². The van der Waals surface area contributed by atoms with Gasteiger partial charge in [0, 0.05) is 30.5 Å². The highest BCUT2D eigenvalue weighted by Gasteiger charge is 2.36. The molecule has 0 spiro atoms. The molecule has 1 aromatic heterocycles. The van der Waals surface area contributed by atoms with E-state index in [9.17, 15) is 18.0 Å². The molecule has 1 aliphatic heterocycles. The van der Waals surface area contributed by atoms with Crippen LogP contribution in [0.2, 0.25) is 5.02 Å². The number of hydrogen-bond acceptors (Lipinski definition) is 6. The second-order valence-corrected chi connectivity index (χ2v) is 8.47. The van der Waals surface area contributed by atoms with Crippen LogP contribution in [0.4, 0.5) is 0 Å². The van der Waals surface area contributed by atoms with E-state index in [0.29, 0.717) is 5.02 Å². The van der Waals surface area contributed by atoms with Crippen LogP contribution < -0.4 is 10.6 Å². The minimum atomic E-state index is -3.83. The maximum absolute atomic E-state index is 12.8. The normalized spacial score (nSPS) is 17.1. The molecule has 0 radical (unpaired) electrons. The number of carbonyl (C=O) groups is 2. The number of sulfonamides is 1. The first-order valence-corrected chi connectivity index (χ1v) is 10.5. The molecule has 0 bridgehead atoms. The quantitative estimate of drug-likeness (QED) is 0.635. The van der Waals surface area contributed by atoms with E-state index in [1.165, 1.54) is 24.3 Å². The molecule has 1 saturated heterocycles. The highest BCUT2D eigenvalue weighted by atomic mass is 35.5. The van der Waals surface area contributed by atoms with Crippen molar-refractivity contribution in [1.29, 1.82) is 0 Å². The lowest BCUT2D eigenvalue weighted by Crippen LogP contribution is -2.47. The number of hydrogen-bond donors (Lipinski definition) is 2. The average Bonchev–Trinajstić information content (AvgIpc) is 3.21. The summed E-state index contributed by atoms with van der Waals surface area (Å²) in [7, 11) is -3.83. The molecule has 29 heavy (non-hydrogen) atoms. The van der Waals surface area contributed by atoms with Crippen molar-refractivity contribution in [2.75, 3.05) is 19.7 Å². The van der Waals surface area contributed by atoms with Crippen LogP contribution in [0.3, 0.4) is 0 Å². The largest absolute Gasteiger partial charge is 0.359 e. The Balaban J connectivity index is 1.55. The van der Waals surface area contributed by atoms with Crippen molar-refractivity contribution in [2.24, 2.45) is 0 Å². The Bertz CT molecular complexity index is 970. The van der Waals surface area contributed by atoms with Crippen LogP contribution in [0, 0.1) is 0 Å². The van der Waals surface area contributed by atoms with Crippen LogP contribution in [-0.2, 0) is 30.9 Å². The Hall–Kier alpha value is -2.53. The Morgan fingerprint density at radius 1 is 1.10 bits per heavy atom. The molecule has 0 aliphatic carbocycles. The summed E-state index contributed by atoms with van der Waals surface area (Å²) in [5, 5.41) is 5.31. The summed E-state index contributed by atoms with van der Waals surface area (Å²) >= 11 is 5.81. The fourth-order valence-electron chi connectivity index (χ4n) is 2.71. The molecule has 0 saturated carbocycles. The van der Waals surface area contributed by atoms with Gasteiger partial charge in [-0.3, -0.25) is 14.6 Å². The van der Waals surface area contributed by atoms with E-state index in [1.807, 2.05) is 0 Å². The molecule has 2 N–H and O–H groups in total. The summed E-state index contributed by atoms with van der Waals surface area (Å²) in [6.07, 6.45) is 2.25. The van der Waals surface area contributed by atoms with E-state index in [2.05, 4.69) is 15.6 Å².